The molecule has 124 valence electrons. The van der Waals surface area contributed by atoms with Crippen molar-refractivity contribution < 1.29 is 18.3 Å². The molecule has 1 atom stereocenters. The van der Waals surface area contributed by atoms with Crippen molar-refractivity contribution in [2.75, 3.05) is 7.11 Å². The lowest BCUT2D eigenvalue weighted by molar-refractivity contribution is 0.0914. The Balaban J connectivity index is 1.78. The van der Waals surface area contributed by atoms with Gasteiger partial charge in [0.15, 0.2) is 17.3 Å². The lowest BCUT2D eigenvalue weighted by atomic mass is 10.1. The summed E-state index contributed by atoms with van der Waals surface area (Å²) in [5.41, 5.74) is 1.20. The quantitative estimate of drug-likeness (QED) is 0.742. The van der Waals surface area contributed by atoms with Crippen LogP contribution in [-0.2, 0) is 0 Å². The van der Waals surface area contributed by atoms with E-state index in [0.717, 1.165) is 5.39 Å². The molecule has 3 aromatic rings. The molecule has 0 saturated heterocycles. The van der Waals surface area contributed by atoms with E-state index in [0.29, 0.717) is 16.2 Å². The molecule has 0 bridgehead atoms. The summed E-state index contributed by atoms with van der Waals surface area (Å²) in [5, 5.41) is 4.09. The number of furan rings is 1. The van der Waals surface area contributed by atoms with Crippen molar-refractivity contribution in [3.63, 3.8) is 0 Å². The highest BCUT2D eigenvalue weighted by atomic mass is 35.5. The number of carbonyl (C=O) groups excluding carboxylic acids is 1. The highest BCUT2D eigenvalue weighted by molar-refractivity contribution is 6.31. The molecular weight excluding hydrogens is 333 g/mol. The molecule has 1 N–H and O–H groups in total. The van der Waals surface area contributed by atoms with E-state index in [4.69, 9.17) is 20.8 Å². The molecule has 1 amide bonds. The van der Waals surface area contributed by atoms with Gasteiger partial charge in [0.1, 0.15) is 5.58 Å². The maximum atomic E-state index is 13.8. The second-order valence-electron chi connectivity index (χ2n) is 5.38. The average molecular weight is 348 g/mol. The molecule has 6 heteroatoms. The first-order valence-electron chi connectivity index (χ1n) is 7.31. The van der Waals surface area contributed by atoms with E-state index in [-0.39, 0.29) is 17.4 Å². The van der Waals surface area contributed by atoms with Gasteiger partial charge in [0, 0.05) is 10.4 Å². The summed E-state index contributed by atoms with van der Waals surface area (Å²) in [4.78, 5) is 12.3. The van der Waals surface area contributed by atoms with Gasteiger partial charge in [0.05, 0.1) is 13.2 Å². The number of carbonyl (C=O) groups is 1. The van der Waals surface area contributed by atoms with Crippen LogP contribution in [0.15, 0.2) is 46.9 Å². The van der Waals surface area contributed by atoms with Gasteiger partial charge >= 0.3 is 0 Å². The van der Waals surface area contributed by atoms with Gasteiger partial charge in [-0.1, -0.05) is 17.7 Å². The average Bonchev–Trinajstić information content (AvgIpc) is 2.97. The fourth-order valence-corrected chi connectivity index (χ4v) is 2.61. The highest BCUT2D eigenvalue weighted by Crippen LogP contribution is 2.25. The van der Waals surface area contributed by atoms with Crippen LogP contribution in [0.3, 0.4) is 0 Å². The minimum Gasteiger partial charge on any atom is -0.494 e. The Hall–Kier alpha value is -2.53. The van der Waals surface area contributed by atoms with Crippen LogP contribution >= 0.6 is 11.6 Å². The van der Waals surface area contributed by atoms with Crippen molar-refractivity contribution in [2.24, 2.45) is 0 Å². The van der Waals surface area contributed by atoms with Gasteiger partial charge < -0.3 is 14.5 Å². The van der Waals surface area contributed by atoms with Crippen LogP contribution in [0.2, 0.25) is 5.02 Å². The highest BCUT2D eigenvalue weighted by Gasteiger charge is 2.17. The summed E-state index contributed by atoms with van der Waals surface area (Å²) in [7, 11) is 1.40. The Morgan fingerprint density at radius 1 is 1.25 bits per heavy atom. The third-order valence-electron chi connectivity index (χ3n) is 3.73. The molecule has 1 heterocycles. The topological polar surface area (TPSA) is 51.5 Å². The molecule has 0 radical (unpaired) electrons. The summed E-state index contributed by atoms with van der Waals surface area (Å²) in [6, 6.07) is 10.9. The maximum absolute atomic E-state index is 13.8. The van der Waals surface area contributed by atoms with Crippen molar-refractivity contribution in [3.05, 3.63) is 64.6 Å². The molecule has 0 aliphatic heterocycles. The zero-order valence-electron chi connectivity index (χ0n) is 13.1. The van der Waals surface area contributed by atoms with Gasteiger partial charge in [0.25, 0.3) is 5.91 Å². The molecule has 0 saturated carbocycles. The number of nitrogens with one attached hydrogen (secondary N) is 1. The van der Waals surface area contributed by atoms with E-state index in [2.05, 4.69) is 5.32 Å². The maximum Gasteiger partial charge on any atom is 0.287 e. The minimum absolute atomic E-state index is 0.159. The van der Waals surface area contributed by atoms with Gasteiger partial charge in [-0.15, -0.1) is 0 Å². The molecular formula is C18H15ClFNO3. The normalized spacial score (nSPS) is 12.2. The van der Waals surface area contributed by atoms with Crippen LogP contribution in [0.5, 0.6) is 5.75 Å². The van der Waals surface area contributed by atoms with Crippen LogP contribution in [0.25, 0.3) is 11.0 Å². The Kier molecular flexibility index (Phi) is 4.44. The predicted molar refractivity (Wildman–Crippen MR) is 90.1 cm³/mol. The zero-order valence-corrected chi connectivity index (χ0v) is 13.9. The Labute approximate surface area is 143 Å². The zero-order chi connectivity index (χ0) is 17.3. The number of fused-ring (bicyclic) bond motifs is 1. The molecule has 0 aliphatic rings. The molecule has 0 aliphatic carbocycles. The second-order valence-corrected chi connectivity index (χ2v) is 5.82. The summed E-state index contributed by atoms with van der Waals surface area (Å²) in [6.45, 7) is 1.76. The van der Waals surface area contributed by atoms with Crippen LogP contribution in [0.1, 0.15) is 29.1 Å². The Morgan fingerprint density at radius 3 is 2.75 bits per heavy atom. The fourth-order valence-electron chi connectivity index (χ4n) is 2.43. The summed E-state index contributed by atoms with van der Waals surface area (Å²) in [5.74, 6) is -0.528. The first kappa shape index (κ1) is 16.3. The molecule has 0 fully saturated rings. The molecule has 24 heavy (non-hydrogen) atoms. The van der Waals surface area contributed by atoms with E-state index in [9.17, 15) is 9.18 Å². The smallest absolute Gasteiger partial charge is 0.287 e. The number of hydrogen-bond acceptors (Lipinski definition) is 3. The van der Waals surface area contributed by atoms with Crippen molar-refractivity contribution >= 4 is 28.5 Å². The van der Waals surface area contributed by atoms with Crippen molar-refractivity contribution in [3.8, 4) is 5.75 Å². The lowest BCUT2D eigenvalue weighted by Gasteiger charge is -2.14. The molecule has 0 spiro atoms. The number of amides is 1. The van der Waals surface area contributed by atoms with Crippen LogP contribution in [0.4, 0.5) is 4.39 Å². The van der Waals surface area contributed by atoms with E-state index in [1.807, 2.05) is 0 Å². The van der Waals surface area contributed by atoms with Gasteiger partial charge in [0.2, 0.25) is 0 Å². The SMILES string of the molecule is COc1ccc([C@@H](C)NC(=O)c2cc3cc(Cl)ccc3o2)cc1F. The summed E-state index contributed by atoms with van der Waals surface area (Å²) >= 11 is 5.92. The molecule has 2 aromatic carbocycles. The number of ether oxygens (including phenoxy) is 1. The number of benzene rings is 2. The van der Waals surface area contributed by atoms with Gasteiger partial charge in [-0.25, -0.2) is 4.39 Å². The van der Waals surface area contributed by atoms with Gasteiger partial charge in [-0.05, 0) is 48.9 Å². The van der Waals surface area contributed by atoms with E-state index < -0.39 is 11.9 Å². The van der Waals surface area contributed by atoms with Crippen LogP contribution in [-0.4, -0.2) is 13.0 Å². The Morgan fingerprint density at radius 2 is 2.04 bits per heavy atom. The number of methoxy groups -OCH3 is 1. The Bertz CT molecular complexity index is 906. The lowest BCUT2D eigenvalue weighted by Crippen LogP contribution is -2.26. The number of hydrogen-bond donors (Lipinski definition) is 1. The number of halogens is 2. The first-order valence-corrected chi connectivity index (χ1v) is 7.69. The third-order valence-corrected chi connectivity index (χ3v) is 3.96. The van der Waals surface area contributed by atoms with Crippen molar-refractivity contribution in [1.82, 2.24) is 5.32 Å². The first-order chi connectivity index (χ1) is 11.5. The third kappa shape index (κ3) is 3.21. The molecule has 3 rings (SSSR count). The van der Waals surface area contributed by atoms with Crippen LogP contribution < -0.4 is 10.1 Å². The molecule has 0 unspecified atom stereocenters. The largest absolute Gasteiger partial charge is 0.494 e. The molecule has 1 aromatic heterocycles. The standard InChI is InChI=1S/C18H15ClFNO3/c1-10(11-3-5-16(23-2)14(20)8-11)21-18(22)17-9-12-7-13(19)4-6-15(12)24-17/h3-10H,1-2H3,(H,21,22)/t10-/m1/s1. The van der Waals surface area contributed by atoms with E-state index in [1.165, 1.54) is 19.2 Å². The van der Waals surface area contributed by atoms with Crippen LogP contribution in [0, 0.1) is 5.82 Å². The van der Waals surface area contributed by atoms with Crippen molar-refractivity contribution in [1.29, 1.82) is 0 Å². The van der Waals surface area contributed by atoms with E-state index >= 15 is 0 Å². The summed E-state index contributed by atoms with van der Waals surface area (Å²) < 4.78 is 24.2. The molecule has 4 nitrogen and oxygen atoms in total. The van der Waals surface area contributed by atoms with Crippen molar-refractivity contribution in [2.45, 2.75) is 13.0 Å². The van der Waals surface area contributed by atoms with Gasteiger partial charge in [-0.2, -0.15) is 0 Å². The number of rotatable bonds is 4. The van der Waals surface area contributed by atoms with E-state index in [1.54, 1.807) is 37.3 Å². The monoisotopic (exact) mass is 347 g/mol. The van der Waals surface area contributed by atoms with Gasteiger partial charge in [-0.3, -0.25) is 4.79 Å². The predicted octanol–water partition coefficient (Wildman–Crippen LogP) is 4.72. The second kappa shape index (κ2) is 6.53. The minimum atomic E-state index is -0.477. The fraction of sp³-hybridized carbons (Fsp3) is 0.167. The summed E-state index contributed by atoms with van der Waals surface area (Å²) in [6.07, 6.45) is 0.